The van der Waals surface area contributed by atoms with E-state index in [0.29, 0.717) is 70.0 Å². The second-order valence-corrected chi connectivity index (χ2v) is 9.76. The molecule has 42 heavy (non-hydrogen) atoms. The Balaban J connectivity index is 2.22. The Morgan fingerprint density at radius 3 is 1.05 bits per heavy atom. The normalized spacial score (nSPS) is 15.8. The van der Waals surface area contributed by atoms with Crippen molar-refractivity contribution in [3.63, 3.8) is 0 Å². The fourth-order valence-electron chi connectivity index (χ4n) is 5.29. The van der Waals surface area contributed by atoms with Crippen molar-refractivity contribution in [3.05, 3.63) is 69.8 Å². The number of carbonyl (C=O) groups is 1. The van der Waals surface area contributed by atoms with Crippen LogP contribution in [0.25, 0.3) is 0 Å². The van der Waals surface area contributed by atoms with Crippen molar-refractivity contribution in [2.75, 3.05) is 55.9 Å². The number of rotatable bonds is 12. The van der Waals surface area contributed by atoms with Gasteiger partial charge < -0.3 is 37.9 Å². The van der Waals surface area contributed by atoms with Crippen molar-refractivity contribution in [1.82, 2.24) is 0 Å². The summed E-state index contributed by atoms with van der Waals surface area (Å²) in [6.45, 7) is 4.95. The van der Waals surface area contributed by atoms with E-state index in [1.165, 1.54) is 14.2 Å². The first-order valence-corrected chi connectivity index (χ1v) is 14.0. The maximum atomic E-state index is 14.7. The lowest BCUT2D eigenvalue weighted by molar-refractivity contribution is 0.0649. The van der Waals surface area contributed by atoms with Crippen molar-refractivity contribution in [3.8, 4) is 34.5 Å². The highest BCUT2D eigenvalue weighted by Gasteiger charge is 2.36. The molecule has 9 nitrogen and oxygen atoms in total. The maximum absolute atomic E-state index is 14.7. The Bertz CT molecular complexity index is 1310. The van der Waals surface area contributed by atoms with E-state index in [9.17, 15) is 4.79 Å². The molecule has 4 rings (SSSR count). The Morgan fingerprint density at radius 2 is 0.762 bits per heavy atom. The number of hydrogen-bond acceptors (Lipinski definition) is 9. The van der Waals surface area contributed by atoms with Crippen molar-refractivity contribution < 1.29 is 42.7 Å². The summed E-state index contributed by atoms with van der Waals surface area (Å²) in [7, 11) is 9.38. The lowest BCUT2D eigenvalue weighted by Crippen LogP contribution is -2.16. The fraction of sp³-hybridized carbons (Fsp3) is 0.424. The van der Waals surface area contributed by atoms with Gasteiger partial charge in [-0.3, -0.25) is 4.79 Å². The summed E-state index contributed by atoms with van der Waals surface area (Å²) >= 11 is 0. The van der Waals surface area contributed by atoms with Crippen LogP contribution < -0.4 is 28.4 Å². The van der Waals surface area contributed by atoms with E-state index < -0.39 is 12.2 Å². The molecule has 0 fully saturated rings. The third-order valence-corrected chi connectivity index (χ3v) is 7.30. The second-order valence-electron chi connectivity index (χ2n) is 9.76. The lowest BCUT2D eigenvalue weighted by Gasteiger charge is -2.28. The molecule has 0 aliphatic heterocycles. The summed E-state index contributed by atoms with van der Waals surface area (Å²) in [6.07, 6.45) is 0.175. The first-order chi connectivity index (χ1) is 20.4. The second kappa shape index (κ2) is 13.8. The molecule has 3 aromatic carbocycles. The molecule has 0 aromatic heterocycles. The van der Waals surface area contributed by atoms with Gasteiger partial charge in [0.25, 0.3) is 0 Å². The zero-order valence-electron chi connectivity index (χ0n) is 25.6. The summed E-state index contributed by atoms with van der Waals surface area (Å²) in [5.41, 5.74) is 3.59. The van der Waals surface area contributed by atoms with Gasteiger partial charge in [-0.05, 0) is 60.4 Å². The van der Waals surface area contributed by atoms with Gasteiger partial charge in [-0.25, -0.2) is 0 Å². The zero-order valence-corrected chi connectivity index (χ0v) is 25.6. The molecule has 1 aliphatic rings. The number of ether oxygens (including phenoxy) is 8. The molecule has 0 bridgehead atoms. The Labute approximate surface area is 247 Å². The van der Waals surface area contributed by atoms with Crippen LogP contribution in [-0.4, -0.2) is 61.7 Å². The topological polar surface area (TPSA) is 90.9 Å². The average molecular weight is 581 g/mol. The number of ketones is 1. The monoisotopic (exact) mass is 580 g/mol. The molecule has 2 atom stereocenters. The minimum absolute atomic E-state index is 0.246. The maximum Gasteiger partial charge on any atom is 0.194 e. The van der Waals surface area contributed by atoms with Crippen molar-refractivity contribution >= 4 is 5.78 Å². The van der Waals surface area contributed by atoms with Crippen LogP contribution in [0.1, 0.15) is 77.1 Å². The number of carbonyl (C=O) groups excluding carboxylic acids is 1. The third kappa shape index (κ3) is 5.71. The Morgan fingerprint density at radius 1 is 0.476 bits per heavy atom. The smallest absolute Gasteiger partial charge is 0.194 e. The number of benzene rings is 3. The van der Waals surface area contributed by atoms with Crippen LogP contribution in [0.15, 0.2) is 36.4 Å². The van der Waals surface area contributed by atoms with E-state index in [0.717, 1.165) is 24.0 Å². The van der Waals surface area contributed by atoms with Gasteiger partial charge in [0.2, 0.25) is 0 Å². The van der Waals surface area contributed by atoms with Crippen LogP contribution in [0.5, 0.6) is 34.5 Å². The Kier molecular flexibility index (Phi) is 10.2. The molecule has 0 N–H and O–H groups in total. The highest BCUT2D eigenvalue weighted by molar-refractivity contribution is 6.12. The molecule has 0 heterocycles. The molecule has 0 saturated carbocycles. The highest BCUT2D eigenvalue weighted by Crippen LogP contribution is 2.48. The van der Waals surface area contributed by atoms with Crippen LogP contribution in [0, 0.1) is 0 Å². The first kappa shape index (κ1) is 31.0. The molecule has 226 valence electrons. The van der Waals surface area contributed by atoms with Crippen LogP contribution in [0.4, 0.5) is 0 Å². The summed E-state index contributed by atoms with van der Waals surface area (Å²) in [5, 5.41) is 0. The number of methoxy groups -OCH3 is 6. The van der Waals surface area contributed by atoms with Gasteiger partial charge in [-0.15, -0.1) is 0 Å². The number of hydrogen-bond donors (Lipinski definition) is 0. The van der Waals surface area contributed by atoms with Gasteiger partial charge >= 0.3 is 0 Å². The summed E-state index contributed by atoms with van der Waals surface area (Å²) < 4.78 is 47.2. The van der Waals surface area contributed by atoms with E-state index >= 15 is 0 Å². The molecular formula is C33H40O9. The van der Waals surface area contributed by atoms with Crippen LogP contribution >= 0.6 is 0 Å². The van der Waals surface area contributed by atoms with Gasteiger partial charge in [0.15, 0.2) is 40.3 Å². The summed E-state index contributed by atoms with van der Waals surface area (Å²) in [5.74, 6) is 2.59. The quantitative estimate of drug-likeness (QED) is 0.244. The van der Waals surface area contributed by atoms with E-state index in [-0.39, 0.29) is 5.78 Å². The van der Waals surface area contributed by atoms with E-state index in [1.54, 1.807) is 52.7 Å². The summed E-state index contributed by atoms with van der Waals surface area (Å²) in [6, 6.07) is 10.8. The zero-order chi connectivity index (χ0) is 30.4. The molecule has 9 heteroatoms. The van der Waals surface area contributed by atoms with E-state index in [1.807, 2.05) is 26.0 Å². The van der Waals surface area contributed by atoms with Crippen LogP contribution in [0.3, 0.4) is 0 Å². The predicted octanol–water partition coefficient (Wildman–Crippen LogP) is 6.31. The molecule has 1 aliphatic carbocycles. The highest BCUT2D eigenvalue weighted by atomic mass is 16.5. The number of fused-ring (bicyclic) bond motifs is 3. The minimum Gasteiger partial charge on any atom is -0.493 e. The fourth-order valence-corrected chi connectivity index (χ4v) is 5.29. The van der Waals surface area contributed by atoms with Crippen molar-refractivity contribution in [1.29, 1.82) is 0 Å². The first-order valence-electron chi connectivity index (χ1n) is 14.0. The molecule has 0 radical (unpaired) electrons. The third-order valence-electron chi connectivity index (χ3n) is 7.30. The molecule has 0 spiro atoms. The van der Waals surface area contributed by atoms with E-state index in [4.69, 9.17) is 37.9 Å². The van der Waals surface area contributed by atoms with Crippen molar-refractivity contribution in [2.24, 2.45) is 0 Å². The Hall–Kier alpha value is -3.95. The lowest BCUT2D eigenvalue weighted by atomic mass is 9.90. The van der Waals surface area contributed by atoms with E-state index in [2.05, 4.69) is 0 Å². The average Bonchev–Trinajstić information content (AvgIpc) is 3.06. The van der Waals surface area contributed by atoms with Gasteiger partial charge in [0, 0.05) is 35.5 Å². The minimum atomic E-state index is -0.677. The molecular weight excluding hydrogens is 540 g/mol. The predicted molar refractivity (Wildman–Crippen MR) is 158 cm³/mol. The molecule has 0 saturated heterocycles. The van der Waals surface area contributed by atoms with Crippen LogP contribution in [-0.2, 0) is 9.47 Å². The molecule has 0 amide bonds. The standard InChI is InChI=1S/C33H40O9/c1-9-11-41-32-21-15-27(37-5)25(35-3)13-19(21)31(34)20-14-26(36-4)28(38-6)16-22(20)33(42-12-10-2)24-18-30(40-8)29(39-7)17-23(24)32/h13-18,32-33H,9-12H2,1-8H3. The molecule has 2 unspecified atom stereocenters. The van der Waals surface area contributed by atoms with Gasteiger partial charge in [0.05, 0.1) is 42.7 Å². The summed E-state index contributed by atoms with van der Waals surface area (Å²) in [4.78, 5) is 14.7. The van der Waals surface area contributed by atoms with Gasteiger partial charge in [-0.1, -0.05) is 13.8 Å². The largest absolute Gasteiger partial charge is 0.493 e. The van der Waals surface area contributed by atoms with Gasteiger partial charge in [-0.2, -0.15) is 0 Å². The van der Waals surface area contributed by atoms with Crippen molar-refractivity contribution in [2.45, 2.75) is 38.9 Å². The van der Waals surface area contributed by atoms with Gasteiger partial charge in [0.1, 0.15) is 12.2 Å². The SMILES string of the molecule is CCCOC1c2cc(OC)c(OC)cc2C(=O)c2cc(OC)c(OC)cc2C(OCCC)c2cc(OC)c(OC)cc21. The van der Waals surface area contributed by atoms with Crippen LogP contribution in [0.2, 0.25) is 0 Å². The molecule has 3 aromatic rings.